The maximum atomic E-state index is 12.6. The van der Waals surface area contributed by atoms with Crippen molar-refractivity contribution in [1.82, 2.24) is 16.0 Å². The van der Waals surface area contributed by atoms with Crippen LogP contribution >= 0.6 is 0 Å². The quantitative estimate of drug-likeness (QED) is 0.235. The van der Waals surface area contributed by atoms with Gasteiger partial charge in [0, 0.05) is 6.42 Å². The molecule has 13 heteroatoms. The van der Waals surface area contributed by atoms with Crippen molar-refractivity contribution < 1.29 is 42.3 Å². The van der Waals surface area contributed by atoms with Gasteiger partial charge in [-0.25, -0.2) is 4.79 Å². The Morgan fingerprint density at radius 1 is 1.00 bits per heavy atom. The summed E-state index contributed by atoms with van der Waals surface area (Å²) < 4.78 is 36.5. The van der Waals surface area contributed by atoms with Gasteiger partial charge in [-0.2, -0.15) is 8.42 Å². The van der Waals surface area contributed by atoms with Crippen molar-refractivity contribution in [2.24, 2.45) is 0 Å². The fourth-order valence-corrected chi connectivity index (χ4v) is 3.33. The molecule has 0 bridgehead atoms. The number of carbonyl (C=O) groups is 3. The first kappa shape index (κ1) is 27.6. The van der Waals surface area contributed by atoms with E-state index in [0.29, 0.717) is 5.56 Å². The number of nitrogens with one attached hydrogen (secondary N) is 3. The molecule has 0 fully saturated rings. The summed E-state index contributed by atoms with van der Waals surface area (Å²) >= 11 is 0. The molecule has 0 aromatic heterocycles. The van der Waals surface area contributed by atoms with Crippen LogP contribution in [0.25, 0.3) is 0 Å². The van der Waals surface area contributed by atoms with Crippen molar-refractivity contribution in [3.63, 3.8) is 0 Å². The second-order valence-electron chi connectivity index (χ2n) is 7.56. The van der Waals surface area contributed by atoms with Crippen LogP contribution in [0.4, 0.5) is 4.79 Å². The number of phenols is 1. The third-order valence-corrected chi connectivity index (χ3v) is 5.65. The van der Waals surface area contributed by atoms with Crippen molar-refractivity contribution in [3.8, 4) is 5.75 Å². The number of ether oxygens (including phenoxy) is 1. The molecule has 190 valence electrons. The van der Waals surface area contributed by atoms with E-state index in [-0.39, 0.29) is 12.4 Å². The number of rotatable bonds is 11. The topological polar surface area (TPSA) is 191 Å². The summed E-state index contributed by atoms with van der Waals surface area (Å²) in [6.45, 7) is 0.906. The number of aliphatic hydroxyl groups excluding tert-OH is 1. The van der Waals surface area contributed by atoms with Gasteiger partial charge in [0.2, 0.25) is 11.8 Å². The summed E-state index contributed by atoms with van der Waals surface area (Å²) in [5, 5.41) is 26.3. The van der Waals surface area contributed by atoms with E-state index < -0.39 is 58.5 Å². The molecule has 3 amide bonds. The van der Waals surface area contributed by atoms with Gasteiger partial charge in [0.25, 0.3) is 10.1 Å². The van der Waals surface area contributed by atoms with Crippen LogP contribution in [0.5, 0.6) is 5.75 Å². The second-order valence-corrected chi connectivity index (χ2v) is 9.14. The second kappa shape index (κ2) is 12.7. The zero-order valence-electron chi connectivity index (χ0n) is 18.7. The Morgan fingerprint density at radius 2 is 1.63 bits per heavy atom. The molecule has 2 rings (SSSR count). The van der Waals surface area contributed by atoms with Gasteiger partial charge in [-0.1, -0.05) is 42.5 Å². The predicted molar refractivity (Wildman–Crippen MR) is 123 cm³/mol. The normalized spacial score (nSPS) is 13.7. The fourth-order valence-electron chi connectivity index (χ4n) is 2.89. The van der Waals surface area contributed by atoms with Crippen LogP contribution < -0.4 is 16.0 Å². The third kappa shape index (κ3) is 9.60. The molecule has 2 aromatic carbocycles. The maximum absolute atomic E-state index is 12.6. The van der Waals surface area contributed by atoms with Crippen LogP contribution in [0, 0.1) is 0 Å². The lowest BCUT2D eigenvalue weighted by Gasteiger charge is -2.23. The molecule has 6 N–H and O–H groups in total. The number of hydrogen-bond donors (Lipinski definition) is 6. The Morgan fingerprint density at radius 3 is 2.23 bits per heavy atom. The van der Waals surface area contributed by atoms with Gasteiger partial charge in [0.1, 0.15) is 24.9 Å². The summed E-state index contributed by atoms with van der Waals surface area (Å²) in [6.07, 6.45) is -1.42. The standard InChI is InChI=1S/C22H27N3O9S/c1-14(24-19(27)12-23-22(30)34-13-15-5-3-2-4-6-15)21(29)25-18(11-20(28)35(31,32)33)16-7-9-17(26)10-8-16/h2-10,14,18,20,26,28H,11-13H2,1H3,(H,23,30)(H,24,27)(H,25,29)(H,31,32,33)/t14-,18?,20?/m0/s1. The summed E-state index contributed by atoms with van der Waals surface area (Å²) in [5.74, 6) is -1.50. The molecule has 2 aromatic rings. The van der Waals surface area contributed by atoms with E-state index in [2.05, 4.69) is 16.0 Å². The molecule has 0 aliphatic carbocycles. The van der Waals surface area contributed by atoms with Gasteiger partial charge < -0.3 is 30.9 Å². The van der Waals surface area contributed by atoms with Crippen molar-refractivity contribution in [2.45, 2.75) is 37.5 Å². The van der Waals surface area contributed by atoms with Crippen molar-refractivity contribution in [2.75, 3.05) is 6.54 Å². The number of aliphatic hydroxyl groups is 1. The Kier molecular flexibility index (Phi) is 9.99. The minimum atomic E-state index is -4.79. The van der Waals surface area contributed by atoms with E-state index >= 15 is 0 Å². The first-order valence-corrected chi connectivity index (χ1v) is 11.9. The zero-order valence-corrected chi connectivity index (χ0v) is 19.6. The molecule has 12 nitrogen and oxygen atoms in total. The number of benzene rings is 2. The van der Waals surface area contributed by atoms with E-state index in [4.69, 9.17) is 9.29 Å². The predicted octanol–water partition coefficient (Wildman–Crippen LogP) is 0.577. The summed E-state index contributed by atoms with van der Waals surface area (Å²) in [5.41, 5.74) is -1.09. The van der Waals surface area contributed by atoms with Gasteiger partial charge in [-0.05, 0) is 30.2 Å². The molecule has 0 saturated heterocycles. The van der Waals surface area contributed by atoms with Crippen molar-refractivity contribution in [1.29, 1.82) is 0 Å². The summed E-state index contributed by atoms with van der Waals surface area (Å²) in [6, 6.07) is 12.1. The number of aromatic hydroxyl groups is 1. The van der Waals surface area contributed by atoms with E-state index in [0.717, 1.165) is 5.56 Å². The van der Waals surface area contributed by atoms with Crippen LogP contribution in [-0.2, 0) is 31.1 Å². The molecule has 0 radical (unpaired) electrons. The minimum Gasteiger partial charge on any atom is -0.508 e. The van der Waals surface area contributed by atoms with E-state index in [1.165, 1.54) is 31.2 Å². The van der Waals surface area contributed by atoms with E-state index in [1.807, 2.05) is 6.07 Å². The monoisotopic (exact) mass is 509 g/mol. The number of amides is 3. The lowest BCUT2D eigenvalue weighted by atomic mass is 10.0. The molecule has 0 saturated carbocycles. The van der Waals surface area contributed by atoms with Crippen LogP contribution in [-0.4, -0.2) is 59.1 Å². The summed E-state index contributed by atoms with van der Waals surface area (Å²) in [4.78, 5) is 36.4. The molecule has 0 aliphatic heterocycles. The Labute approximate surface area is 202 Å². The third-order valence-electron chi connectivity index (χ3n) is 4.77. The highest BCUT2D eigenvalue weighted by Gasteiger charge is 2.28. The molecular weight excluding hydrogens is 482 g/mol. The van der Waals surface area contributed by atoms with Gasteiger partial charge >= 0.3 is 6.09 Å². The van der Waals surface area contributed by atoms with Gasteiger partial charge in [-0.3, -0.25) is 14.1 Å². The zero-order chi connectivity index (χ0) is 26.0. The van der Waals surface area contributed by atoms with Crippen molar-refractivity contribution >= 4 is 28.0 Å². The molecule has 0 aliphatic rings. The van der Waals surface area contributed by atoms with Crippen molar-refractivity contribution in [3.05, 3.63) is 65.7 Å². The van der Waals surface area contributed by atoms with Crippen LogP contribution in [0.15, 0.2) is 54.6 Å². The molecular formula is C22H27N3O9S. The van der Waals surface area contributed by atoms with Gasteiger partial charge in [0.15, 0.2) is 5.44 Å². The minimum absolute atomic E-state index is 0.0150. The number of carbonyl (C=O) groups excluding carboxylic acids is 3. The van der Waals surface area contributed by atoms with Gasteiger partial charge in [0.05, 0.1) is 6.04 Å². The molecule has 2 unspecified atom stereocenters. The number of hydrogen-bond acceptors (Lipinski definition) is 8. The SMILES string of the molecule is C[C@H](NC(=O)CNC(=O)OCc1ccccc1)C(=O)NC(CC(O)S(=O)(=O)O)c1ccc(O)cc1. The molecule has 35 heavy (non-hydrogen) atoms. The van der Waals surface area contributed by atoms with Crippen LogP contribution in [0.1, 0.15) is 30.5 Å². The highest BCUT2D eigenvalue weighted by Crippen LogP contribution is 2.22. The lowest BCUT2D eigenvalue weighted by Crippen LogP contribution is -2.49. The average Bonchev–Trinajstić information content (AvgIpc) is 2.81. The van der Waals surface area contributed by atoms with Gasteiger partial charge in [-0.15, -0.1) is 0 Å². The Balaban J connectivity index is 1.89. The molecule has 0 heterocycles. The largest absolute Gasteiger partial charge is 0.508 e. The van der Waals surface area contributed by atoms with E-state index in [9.17, 15) is 33.0 Å². The highest BCUT2D eigenvalue weighted by molar-refractivity contribution is 7.86. The Hall–Kier alpha value is -3.68. The first-order chi connectivity index (χ1) is 16.5. The smallest absolute Gasteiger partial charge is 0.407 e. The highest BCUT2D eigenvalue weighted by atomic mass is 32.2. The fraction of sp³-hybridized carbons (Fsp3) is 0.318. The van der Waals surface area contributed by atoms with Crippen LogP contribution in [0.3, 0.4) is 0 Å². The number of phenolic OH excluding ortho intramolecular Hbond substituents is 1. The average molecular weight is 510 g/mol. The first-order valence-electron chi connectivity index (χ1n) is 10.4. The van der Waals surface area contributed by atoms with Crippen LogP contribution in [0.2, 0.25) is 0 Å². The van der Waals surface area contributed by atoms with E-state index in [1.54, 1.807) is 24.3 Å². The summed E-state index contributed by atoms with van der Waals surface area (Å²) in [7, 11) is -4.79. The molecule has 3 atom stereocenters. The number of alkyl carbamates (subject to hydrolysis) is 1. The Bertz CT molecular complexity index is 1110. The molecule has 0 spiro atoms. The lowest BCUT2D eigenvalue weighted by molar-refractivity contribution is -0.128. The maximum Gasteiger partial charge on any atom is 0.407 e.